The molecule has 1 aliphatic heterocycles. The number of hydrogen-bond acceptors (Lipinski definition) is 4. The van der Waals surface area contributed by atoms with Gasteiger partial charge in [0.1, 0.15) is 5.69 Å². The largest absolute Gasteiger partial charge is 0.375 e. The zero-order valence-corrected chi connectivity index (χ0v) is 7.28. The molecule has 0 aliphatic carbocycles. The molecular formula is C7H9N3OS. The van der Waals surface area contributed by atoms with E-state index in [9.17, 15) is 4.79 Å². The summed E-state index contributed by atoms with van der Waals surface area (Å²) < 4.78 is 0. The van der Waals surface area contributed by atoms with Gasteiger partial charge in [-0.25, -0.2) is 4.98 Å². The molecule has 0 unspecified atom stereocenters. The van der Waals surface area contributed by atoms with Crippen molar-refractivity contribution in [2.75, 3.05) is 12.3 Å². The first-order valence-corrected chi connectivity index (χ1v) is 4.62. The lowest BCUT2D eigenvalue weighted by molar-refractivity contribution is 0.0952. The maximum atomic E-state index is 11.3. The van der Waals surface area contributed by atoms with Gasteiger partial charge >= 0.3 is 0 Å². The molecule has 0 atom stereocenters. The molecule has 2 rings (SSSR count). The van der Waals surface area contributed by atoms with Crippen molar-refractivity contribution in [3.63, 3.8) is 0 Å². The average Bonchev–Trinajstić information content (AvgIpc) is 2.33. The van der Waals surface area contributed by atoms with Gasteiger partial charge in [-0.05, 0) is 12.8 Å². The Morgan fingerprint density at radius 3 is 3.25 bits per heavy atom. The molecule has 0 bridgehead atoms. The van der Waals surface area contributed by atoms with Gasteiger partial charge in [-0.3, -0.25) is 4.79 Å². The van der Waals surface area contributed by atoms with Gasteiger partial charge in [0.25, 0.3) is 5.91 Å². The number of carbonyl (C=O) groups is 1. The highest BCUT2D eigenvalue weighted by Gasteiger charge is 2.19. The van der Waals surface area contributed by atoms with Crippen LogP contribution in [0.25, 0.3) is 0 Å². The minimum Gasteiger partial charge on any atom is -0.375 e. The molecule has 1 amide bonds. The summed E-state index contributed by atoms with van der Waals surface area (Å²) in [6, 6.07) is 0. The van der Waals surface area contributed by atoms with Crippen LogP contribution in [-0.4, -0.2) is 17.4 Å². The van der Waals surface area contributed by atoms with Crippen molar-refractivity contribution < 1.29 is 4.79 Å². The summed E-state index contributed by atoms with van der Waals surface area (Å²) in [6.45, 7) is 0.738. The maximum absolute atomic E-state index is 11.3. The molecule has 4 nitrogen and oxygen atoms in total. The van der Waals surface area contributed by atoms with E-state index < -0.39 is 0 Å². The quantitative estimate of drug-likeness (QED) is 0.611. The van der Waals surface area contributed by atoms with Gasteiger partial charge in [0.2, 0.25) is 0 Å². The first kappa shape index (κ1) is 7.54. The molecule has 0 saturated heterocycles. The van der Waals surface area contributed by atoms with Crippen molar-refractivity contribution in [1.82, 2.24) is 10.3 Å². The first-order chi connectivity index (χ1) is 5.77. The third-order valence-electron chi connectivity index (χ3n) is 1.80. The third kappa shape index (κ3) is 1.16. The number of hydrogen-bond donors (Lipinski definition) is 2. The fourth-order valence-corrected chi connectivity index (χ4v) is 2.12. The van der Waals surface area contributed by atoms with Crippen LogP contribution in [0.2, 0.25) is 0 Å². The number of thiazole rings is 1. The zero-order chi connectivity index (χ0) is 8.55. The SMILES string of the molecule is Nc1nc2c(s1)CCCNC2=O. The Kier molecular flexibility index (Phi) is 1.73. The van der Waals surface area contributed by atoms with E-state index in [2.05, 4.69) is 10.3 Å². The monoisotopic (exact) mass is 183 g/mol. The predicted octanol–water partition coefficient (Wildman–Crippen LogP) is 0.401. The maximum Gasteiger partial charge on any atom is 0.271 e. The number of carbonyl (C=O) groups excluding carboxylic acids is 1. The molecule has 1 aromatic heterocycles. The van der Waals surface area contributed by atoms with E-state index in [-0.39, 0.29) is 5.91 Å². The topological polar surface area (TPSA) is 68.0 Å². The first-order valence-electron chi connectivity index (χ1n) is 3.81. The number of nitrogens with zero attached hydrogens (tertiary/aromatic N) is 1. The third-order valence-corrected chi connectivity index (χ3v) is 2.74. The van der Waals surface area contributed by atoms with Crippen molar-refractivity contribution in [3.05, 3.63) is 10.6 Å². The van der Waals surface area contributed by atoms with Crippen molar-refractivity contribution >= 4 is 22.4 Å². The molecule has 1 aromatic rings. The Balaban J connectivity index is 2.44. The Hall–Kier alpha value is -1.10. The van der Waals surface area contributed by atoms with Crippen LogP contribution in [0.1, 0.15) is 21.8 Å². The number of aryl methyl sites for hydroxylation is 1. The minimum atomic E-state index is -0.0875. The summed E-state index contributed by atoms with van der Waals surface area (Å²) in [6.07, 6.45) is 1.88. The second-order valence-electron chi connectivity index (χ2n) is 2.68. The van der Waals surface area contributed by atoms with Gasteiger partial charge in [-0.1, -0.05) is 0 Å². The highest BCUT2D eigenvalue weighted by atomic mass is 32.1. The van der Waals surface area contributed by atoms with E-state index in [0.29, 0.717) is 10.8 Å². The van der Waals surface area contributed by atoms with Crippen LogP contribution >= 0.6 is 11.3 Å². The molecule has 3 N–H and O–H groups in total. The molecule has 0 fully saturated rings. The summed E-state index contributed by atoms with van der Waals surface area (Å²) in [5.41, 5.74) is 6.02. The number of nitrogens with one attached hydrogen (secondary N) is 1. The second-order valence-corrected chi connectivity index (χ2v) is 3.80. The number of rotatable bonds is 0. The lowest BCUT2D eigenvalue weighted by Gasteiger charge is -1.95. The zero-order valence-electron chi connectivity index (χ0n) is 6.46. The highest BCUT2D eigenvalue weighted by Crippen LogP contribution is 2.23. The number of aromatic nitrogens is 1. The van der Waals surface area contributed by atoms with Crippen LogP contribution in [-0.2, 0) is 6.42 Å². The Morgan fingerprint density at radius 2 is 2.42 bits per heavy atom. The second kappa shape index (κ2) is 2.75. The molecule has 2 heterocycles. The predicted molar refractivity (Wildman–Crippen MR) is 47.2 cm³/mol. The number of fused-ring (bicyclic) bond motifs is 1. The number of anilines is 1. The van der Waals surface area contributed by atoms with Gasteiger partial charge in [0.15, 0.2) is 5.13 Å². The Morgan fingerprint density at radius 1 is 1.58 bits per heavy atom. The van der Waals surface area contributed by atoms with E-state index in [0.717, 1.165) is 24.3 Å². The standard InChI is InChI=1S/C7H9N3OS/c8-7-10-5-4(12-7)2-1-3-9-6(5)11/h1-3H2,(H2,8,10)(H,9,11). The molecule has 12 heavy (non-hydrogen) atoms. The van der Waals surface area contributed by atoms with Crippen LogP contribution in [0.4, 0.5) is 5.13 Å². The van der Waals surface area contributed by atoms with Crippen molar-refractivity contribution in [2.24, 2.45) is 0 Å². The lowest BCUT2D eigenvalue weighted by atomic mass is 10.2. The van der Waals surface area contributed by atoms with Crippen LogP contribution in [0.3, 0.4) is 0 Å². The van der Waals surface area contributed by atoms with Crippen LogP contribution in [0, 0.1) is 0 Å². The van der Waals surface area contributed by atoms with Crippen molar-refractivity contribution in [1.29, 1.82) is 0 Å². The normalized spacial score (nSPS) is 16.5. The van der Waals surface area contributed by atoms with E-state index in [1.165, 1.54) is 11.3 Å². The van der Waals surface area contributed by atoms with Gasteiger partial charge in [-0.15, -0.1) is 11.3 Å². The minimum absolute atomic E-state index is 0.0875. The molecule has 0 spiro atoms. The fraction of sp³-hybridized carbons (Fsp3) is 0.429. The summed E-state index contributed by atoms with van der Waals surface area (Å²) in [5, 5.41) is 3.25. The highest BCUT2D eigenvalue weighted by molar-refractivity contribution is 7.15. The van der Waals surface area contributed by atoms with Crippen LogP contribution in [0.15, 0.2) is 0 Å². The van der Waals surface area contributed by atoms with Crippen LogP contribution < -0.4 is 11.1 Å². The number of amides is 1. The average molecular weight is 183 g/mol. The van der Waals surface area contributed by atoms with Gasteiger partial charge in [0, 0.05) is 11.4 Å². The van der Waals surface area contributed by atoms with Gasteiger partial charge in [0.05, 0.1) is 0 Å². The summed E-state index contributed by atoms with van der Waals surface area (Å²) in [5.74, 6) is -0.0875. The molecule has 0 saturated carbocycles. The molecule has 0 aromatic carbocycles. The molecule has 0 radical (unpaired) electrons. The van der Waals surface area contributed by atoms with E-state index in [1.54, 1.807) is 0 Å². The number of nitrogens with two attached hydrogens (primary N) is 1. The summed E-state index contributed by atoms with van der Waals surface area (Å²) in [4.78, 5) is 16.3. The van der Waals surface area contributed by atoms with Gasteiger partial charge < -0.3 is 11.1 Å². The molecule has 1 aliphatic rings. The summed E-state index contributed by atoms with van der Waals surface area (Å²) >= 11 is 1.41. The van der Waals surface area contributed by atoms with Crippen molar-refractivity contribution in [2.45, 2.75) is 12.8 Å². The molecule has 64 valence electrons. The number of nitrogen functional groups attached to an aromatic ring is 1. The molecular weight excluding hydrogens is 174 g/mol. The fourth-order valence-electron chi connectivity index (χ4n) is 1.25. The Labute approximate surface area is 73.8 Å². The van der Waals surface area contributed by atoms with E-state index in [4.69, 9.17) is 5.73 Å². The van der Waals surface area contributed by atoms with Gasteiger partial charge in [-0.2, -0.15) is 0 Å². The summed E-state index contributed by atoms with van der Waals surface area (Å²) in [7, 11) is 0. The Bertz CT molecular complexity index is 320. The lowest BCUT2D eigenvalue weighted by Crippen LogP contribution is -2.23. The van der Waals surface area contributed by atoms with E-state index in [1.807, 2.05) is 0 Å². The van der Waals surface area contributed by atoms with Crippen LogP contribution in [0.5, 0.6) is 0 Å². The van der Waals surface area contributed by atoms with E-state index >= 15 is 0 Å². The smallest absolute Gasteiger partial charge is 0.271 e. The molecule has 5 heteroatoms. The van der Waals surface area contributed by atoms with Crippen molar-refractivity contribution in [3.8, 4) is 0 Å².